The molecule has 2 heterocycles. The molecule has 110 valence electrons. The van der Waals surface area contributed by atoms with E-state index in [9.17, 15) is 14.9 Å². The van der Waals surface area contributed by atoms with Crippen LogP contribution in [0.5, 0.6) is 0 Å². The summed E-state index contributed by atoms with van der Waals surface area (Å²) >= 11 is 0. The molecule has 7 heteroatoms. The zero-order valence-corrected chi connectivity index (χ0v) is 11.5. The second-order valence-electron chi connectivity index (χ2n) is 4.77. The number of nitro groups is 1. The average molecular weight is 296 g/mol. The maximum atomic E-state index is 12.3. The van der Waals surface area contributed by atoms with Crippen LogP contribution in [-0.4, -0.2) is 33.1 Å². The van der Waals surface area contributed by atoms with Gasteiger partial charge in [-0.25, -0.2) is 5.01 Å². The van der Waals surface area contributed by atoms with Gasteiger partial charge in [0.15, 0.2) is 0 Å². The van der Waals surface area contributed by atoms with E-state index in [0.29, 0.717) is 18.5 Å². The van der Waals surface area contributed by atoms with Crippen LogP contribution in [-0.2, 0) is 0 Å². The van der Waals surface area contributed by atoms with Gasteiger partial charge in [-0.3, -0.25) is 19.9 Å². The Morgan fingerprint density at radius 1 is 1.23 bits per heavy atom. The number of amides is 1. The van der Waals surface area contributed by atoms with E-state index in [1.54, 1.807) is 30.5 Å². The molecule has 3 rings (SSSR count). The smallest absolute Gasteiger partial charge is 0.267 e. The second kappa shape index (κ2) is 5.72. The van der Waals surface area contributed by atoms with E-state index >= 15 is 0 Å². The number of hydrazone groups is 1. The third-order valence-electron chi connectivity index (χ3n) is 3.36. The Hall–Kier alpha value is -3.09. The van der Waals surface area contributed by atoms with Gasteiger partial charge < -0.3 is 0 Å². The summed E-state index contributed by atoms with van der Waals surface area (Å²) in [6, 6.07) is 9.55. The second-order valence-corrected chi connectivity index (χ2v) is 4.77. The molecule has 1 aromatic heterocycles. The quantitative estimate of drug-likeness (QED) is 0.641. The summed E-state index contributed by atoms with van der Waals surface area (Å²) < 4.78 is 0. The number of carbonyl (C=O) groups is 1. The minimum absolute atomic E-state index is 0.0330. The molecule has 0 aliphatic carbocycles. The van der Waals surface area contributed by atoms with Gasteiger partial charge in [0.1, 0.15) is 0 Å². The molecule has 1 amide bonds. The van der Waals surface area contributed by atoms with E-state index in [2.05, 4.69) is 10.1 Å². The standard InChI is InChI=1S/C15H12N4O3/c20-15(12-2-1-8-16-10-12)18-9-7-14(17-18)11-3-5-13(6-4-11)19(21)22/h1-6,8,10H,7,9H2. The lowest BCUT2D eigenvalue weighted by Gasteiger charge is -2.10. The number of aromatic nitrogens is 1. The van der Waals surface area contributed by atoms with Crippen molar-refractivity contribution in [1.82, 2.24) is 9.99 Å². The van der Waals surface area contributed by atoms with Crippen molar-refractivity contribution in [2.24, 2.45) is 5.10 Å². The maximum Gasteiger partial charge on any atom is 0.275 e. The Bertz CT molecular complexity index is 741. The van der Waals surface area contributed by atoms with Crippen LogP contribution >= 0.6 is 0 Å². The highest BCUT2D eigenvalue weighted by molar-refractivity contribution is 6.04. The number of hydrogen-bond donors (Lipinski definition) is 0. The Morgan fingerprint density at radius 2 is 2.00 bits per heavy atom. The molecule has 1 aliphatic rings. The van der Waals surface area contributed by atoms with E-state index < -0.39 is 4.92 Å². The summed E-state index contributed by atoms with van der Waals surface area (Å²) in [6.07, 6.45) is 3.72. The summed E-state index contributed by atoms with van der Waals surface area (Å²) in [5, 5.41) is 16.4. The SMILES string of the molecule is O=C(c1cccnc1)N1CCC(c2ccc([N+](=O)[O-])cc2)=N1. The fraction of sp³-hybridized carbons (Fsp3) is 0.133. The number of nitrogens with zero attached hydrogens (tertiary/aromatic N) is 4. The van der Waals surface area contributed by atoms with Gasteiger partial charge in [-0.05, 0) is 29.8 Å². The van der Waals surface area contributed by atoms with Crippen molar-refractivity contribution in [2.45, 2.75) is 6.42 Å². The fourth-order valence-electron chi connectivity index (χ4n) is 2.22. The maximum absolute atomic E-state index is 12.3. The van der Waals surface area contributed by atoms with Crippen LogP contribution in [0, 0.1) is 10.1 Å². The Balaban J connectivity index is 1.79. The van der Waals surface area contributed by atoms with Crippen LogP contribution in [0.25, 0.3) is 0 Å². The topological polar surface area (TPSA) is 88.7 Å². The molecule has 0 spiro atoms. The Morgan fingerprint density at radius 3 is 2.64 bits per heavy atom. The zero-order chi connectivity index (χ0) is 15.5. The van der Waals surface area contributed by atoms with E-state index in [0.717, 1.165) is 11.3 Å². The summed E-state index contributed by atoms with van der Waals surface area (Å²) in [5.41, 5.74) is 2.04. The summed E-state index contributed by atoms with van der Waals surface area (Å²) in [7, 11) is 0. The number of non-ortho nitro benzene ring substituents is 1. The molecule has 0 bridgehead atoms. The first-order valence-corrected chi connectivity index (χ1v) is 6.69. The van der Waals surface area contributed by atoms with Crippen molar-refractivity contribution in [3.63, 3.8) is 0 Å². The van der Waals surface area contributed by atoms with Crippen molar-refractivity contribution in [3.8, 4) is 0 Å². The third-order valence-corrected chi connectivity index (χ3v) is 3.36. The Kier molecular flexibility index (Phi) is 3.61. The van der Waals surface area contributed by atoms with Gasteiger partial charge in [-0.1, -0.05) is 0 Å². The first kappa shape index (κ1) is 13.9. The van der Waals surface area contributed by atoms with Crippen molar-refractivity contribution in [1.29, 1.82) is 0 Å². The number of hydrogen-bond acceptors (Lipinski definition) is 5. The Labute approximate surface area is 126 Å². The van der Waals surface area contributed by atoms with E-state index in [-0.39, 0.29) is 11.6 Å². The van der Waals surface area contributed by atoms with Crippen molar-refractivity contribution < 1.29 is 9.72 Å². The molecular weight excluding hydrogens is 284 g/mol. The predicted molar refractivity (Wildman–Crippen MR) is 79.5 cm³/mol. The minimum atomic E-state index is -0.446. The lowest BCUT2D eigenvalue weighted by molar-refractivity contribution is -0.384. The molecule has 22 heavy (non-hydrogen) atoms. The van der Waals surface area contributed by atoms with Gasteiger partial charge in [0.2, 0.25) is 0 Å². The molecule has 2 aromatic rings. The summed E-state index contributed by atoms with van der Waals surface area (Å²) in [5.74, 6) is -0.204. The van der Waals surface area contributed by atoms with Crippen molar-refractivity contribution in [2.75, 3.05) is 6.54 Å². The highest BCUT2D eigenvalue weighted by atomic mass is 16.6. The average Bonchev–Trinajstić information content (AvgIpc) is 3.05. The summed E-state index contributed by atoms with van der Waals surface area (Å²) in [6.45, 7) is 0.486. The van der Waals surface area contributed by atoms with Gasteiger partial charge in [-0.15, -0.1) is 0 Å². The fourth-order valence-corrected chi connectivity index (χ4v) is 2.22. The number of pyridine rings is 1. The number of benzene rings is 1. The van der Waals surface area contributed by atoms with Gasteiger partial charge in [0.25, 0.3) is 11.6 Å². The molecule has 0 N–H and O–H groups in total. The molecular formula is C15H12N4O3. The molecule has 1 aromatic carbocycles. The van der Waals surface area contributed by atoms with E-state index in [1.165, 1.54) is 23.3 Å². The molecule has 1 aliphatic heterocycles. The van der Waals surface area contributed by atoms with Crippen LogP contribution in [0.15, 0.2) is 53.9 Å². The van der Waals surface area contributed by atoms with Crippen LogP contribution in [0.3, 0.4) is 0 Å². The molecule has 0 radical (unpaired) electrons. The third kappa shape index (κ3) is 2.69. The molecule has 0 saturated heterocycles. The first-order valence-electron chi connectivity index (χ1n) is 6.69. The van der Waals surface area contributed by atoms with Crippen LogP contribution in [0.4, 0.5) is 5.69 Å². The normalized spacial score (nSPS) is 13.8. The van der Waals surface area contributed by atoms with Gasteiger partial charge in [0.05, 0.1) is 22.7 Å². The lowest BCUT2D eigenvalue weighted by atomic mass is 10.1. The largest absolute Gasteiger partial charge is 0.275 e. The first-order chi connectivity index (χ1) is 10.6. The number of carbonyl (C=O) groups excluding carboxylic acids is 1. The zero-order valence-electron chi connectivity index (χ0n) is 11.5. The molecule has 0 unspecified atom stereocenters. The molecule has 7 nitrogen and oxygen atoms in total. The van der Waals surface area contributed by atoms with Gasteiger partial charge in [0, 0.05) is 30.9 Å². The van der Waals surface area contributed by atoms with Crippen LogP contribution < -0.4 is 0 Å². The van der Waals surface area contributed by atoms with Gasteiger partial charge in [-0.2, -0.15) is 5.10 Å². The lowest BCUT2D eigenvalue weighted by Crippen LogP contribution is -2.23. The van der Waals surface area contributed by atoms with Crippen LogP contribution in [0.2, 0.25) is 0 Å². The van der Waals surface area contributed by atoms with E-state index in [1.807, 2.05) is 0 Å². The number of nitro benzene ring substituents is 1. The van der Waals surface area contributed by atoms with Crippen molar-refractivity contribution >= 4 is 17.3 Å². The molecule has 0 atom stereocenters. The monoisotopic (exact) mass is 296 g/mol. The van der Waals surface area contributed by atoms with Gasteiger partial charge >= 0.3 is 0 Å². The predicted octanol–water partition coefficient (Wildman–Crippen LogP) is 2.24. The molecule has 0 fully saturated rings. The number of rotatable bonds is 3. The van der Waals surface area contributed by atoms with E-state index in [4.69, 9.17) is 0 Å². The summed E-state index contributed by atoms with van der Waals surface area (Å²) in [4.78, 5) is 26.4. The highest BCUT2D eigenvalue weighted by Crippen LogP contribution is 2.18. The van der Waals surface area contributed by atoms with Crippen LogP contribution in [0.1, 0.15) is 22.3 Å². The highest BCUT2D eigenvalue weighted by Gasteiger charge is 2.23. The molecule has 0 saturated carbocycles. The van der Waals surface area contributed by atoms with Crippen molar-refractivity contribution in [3.05, 3.63) is 70.0 Å². The minimum Gasteiger partial charge on any atom is -0.267 e.